The normalized spacial score (nSPS) is 28.1. The molecule has 1 atom stereocenters. The van der Waals surface area contributed by atoms with Crippen molar-refractivity contribution in [1.82, 2.24) is 10.2 Å². The van der Waals surface area contributed by atoms with E-state index in [0.717, 1.165) is 5.92 Å². The van der Waals surface area contributed by atoms with Gasteiger partial charge in [0, 0.05) is 13.1 Å². The predicted molar refractivity (Wildman–Crippen MR) is 65.0 cm³/mol. The summed E-state index contributed by atoms with van der Waals surface area (Å²) in [5, 5.41) is 3.45. The third-order valence-corrected chi connectivity index (χ3v) is 3.66. The van der Waals surface area contributed by atoms with E-state index >= 15 is 0 Å². The number of hydrogen-bond acceptors (Lipinski definition) is 2. The average molecular weight is 208 g/mol. The number of nitrogens with one attached hydrogen (secondary N) is 1. The summed E-state index contributed by atoms with van der Waals surface area (Å²) in [4.78, 5) is 2.61. The molecule has 0 saturated carbocycles. The maximum Gasteiger partial charge on any atom is 0.0190 e. The van der Waals surface area contributed by atoms with Crippen LogP contribution in [-0.2, 0) is 0 Å². The molecular weight excluding hydrogens is 184 g/mol. The summed E-state index contributed by atoms with van der Waals surface area (Å²) in [5.41, 5.74) is 1.56. The molecular formula is C13H24N2. The Morgan fingerprint density at radius 2 is 2.47 bits per heavy atom. The van der Waals surface area contributed by atoms with Crippen molar-refractivity contribution in [2.45, 2.75) is 32.6 Å². The van der Waals surface area contributed by atoms with E-state index < -0.39 is 0 Å². The zero-order valence-electron chi connectivity index (χ0n) is 9.97. The smallest absolute Gasteiger partial charge is 0.0190 e. The van der Waals surface area contributed by atoms with Gasteiger partial charge in [0.05, 0.1) is 0 Å². The van der Waals surface area contributed by atoms with E-state index in [1.807, 2.05) is 0 Å². The summed E-state index contributed by atoms with van der Waals surface area (Å²) in [7, 11) is 0. The molecule has 0 aromatic heterocycles. The molecule has 2 heterocycles. The molecule has 1 unspecified atom stereocenters. The van der Waals surface area contributed by atoms with Gasteiger partial charge in [-0.15, -0.1) is 0 Å². The molecule has 15 heavy (non-hydrogen) atoms. The Morgan fingerprint density at radius 1 is 1.53 bits per heavy atom. The van der Waals surface area contributed by atoms with Crippen molar-refractivity contribution >= 4 is 0 Å². The van der Waals surface area contributed by atoms with Gasteiger partial charge in [0.1, 0.15) is 0 Å². The summed E-state index contributed by atoms with van der Waals surface area (Å²) in [5.74, 6) is 0.964. The van der Waals surface area contributed by atoms with Gasteiger partial charge in [0.2, 0.25) is 0 Å². The van der Waals surface area contributed by atoms with Crippen molar-refractivity contribution in [2.24, 2.45) is 5.92 Å². The van der Waals surface area contributed by atoms with Gasteiger partial charge in [0.15, 0.2) is 0 Å². The van der Waals surface area contributed by atoms with E-state index in [1.165, 1.54) is 58.4 Å². The fourth-order valence-corrected chi connectivity index (χ4v) is 2.75. The highest BCUT2D eigenvalue weighted by atomic mass is 15.1. The van der Waals surface area contributed by atoms with Crippen LogP contribution in [-0.4, -0.2) is 37.6 Å². The fourth-order valence-electron chi connectivity index (χ4n) is 2.75. The third kappa shape index (κ3) is 3.62. The largest absolute Gasteiger partial charge is 0.316 e. The van der Waals surface area contributed by atoms with E-state index in [4.69, 9.17) is 0 Å². The highest BCUT2D eigenvalue weighted by molar-refractivity contribution is 5.04. The number of nitrogens with zero attached hydrogens (tertiary/aromatic N) is 1. The molecule has 0 radical (unpaired) electrons. The van der Waals surface area contributed by atoms with Gasteiger partial charge in [0.25, 0.3) is 0 Å². The van der Waals surface area contributed by atoms with Crippen LogP contribution in [0.3, 0.4) is 0 Å². The van der Waals surface area contributed by atoms with Gasteiger partial charge < -0.3 is 5.32 Å². The first-order valence-electron chi connectivity index (χ1n) is 6.43. The van der Waals surface area contributed by atoms with Gasteiger partial charge in [-0.3, -0.25) is 4.90 Å². The minimum atomic E-state index is 0.964. The second kappa shape index (κ2) is 5.66. The van der Waals surface area contributed by atoms with Gasteiger partial charge in [-0.25, -0.2) is 0 Å². The maximum absolute atomic E-state index is 3.45. The van der Waals surface area contributed by atoms with Crippen LogP contribution in [0.2, 0.25) is 0 Å². The average Bonchev–Trinajstić information content (AvgIpc) is 2.71. The van der Waals surface area contributed by atoms with E-state index in [2.05, 4.69) is 23.2 Å². The minimum absolute atomic E-state index is 0.964. The Balaban J connectivity index is 1.59. The Hall–Kier alpha value is -0.340. The van der Waals surface area contributed by atoms with Gasteiger partial charge >= 0.3 is 0 Å². The standard InChI is InChI=1S/C13H24N2/c1-12-4-2-8-15(11-12)9-3-5-13-6-7-14-10-13/h4,13-14H,2-3,5-11H2,1H3. The summed E-state index contributed by atoms with van der Waals surface area (Å²) < 4.78 is 0. The van der Waals surface area contributed by atoms with Gasteiger partial charge in [-0.05, 0) is 58.2 Å². The molecule has 2 nitrogen and oxygen atoms in total. The topological polar surface area (TPSA) is 15.3 Å². The molecule has 0 spiro atoms. The SMILES string of the molecule is CC1=CCCN(CCCC2CCNC2)C1. The molecule has 0 aliphatic carbocycles. The maximum atomic E-state index is 3.45. The molecule has 2 heteroatoms. The van der Waals surface area contributed by atoms with Gasteiger partial charge in [-0.2, -0.15) is 0 Å². The summed E-state index contributed by atoms with van der Waals surface area (Å²) in [6.07, 6.45) is 7.86. The molecule has 1 fully saturated rings. The lowest BCUT2D eigenvalue weighted by Gasteiger charge is -2.26. The quantitative estimate of drug-likeness (QED) is 0.711. The van der Waals surface area contributed by atoms with E-state index in [0.29, 0.717) is 0 Å². The predicted octanol–water partition coefficient (Wildman–Crippen LogP) is 2.03. The van der Waals surface area contributed by atoms with Crippen LogP contribution >= 0.6 is 0 Å². The number of rotatable bonds is 4. The highest BCUT2D eigenvalue weighted by Gasteiger charge is 2.15. The molecule has 0 aromatic rings. The molecule has 2 aliphatic heterocycles. The van der Waals surface area contributed by atoms with Crippen molar-refractivity contribution in [2.75, 3.05) is 32.7 Å². The first-order valence-corrected chi connectivity index (χ1v) is 6.43. The minimum Gasteiger partial charge on any atom is -0.316 e. The zero-order valence-corrected chi connectivity index (χ0v) is 9.97. The van der Waals surface area contributed by atoms with Crippen LogP contribution in [0.1, 0.15) is 32.6 Å². The zero-order chi connectivity index (χ0) is 10.5. The van der Waals surface area contributed by atoms with Crippen molar-refractivity contribution in [3.63, 3.8) is 0 Å². The van der Waals surface area contributed by atoms with Crippen LogP contribution in [0.4, 0.5) is 0 Å². The molecule has 0 bridgehead atoms. The second-order valence-corrected chi connectivity index (χ2v) is 5.12. The van der Waals surface area contributed by atoms with E-state index in [-0.39, 0.29) is 0 Å². The lowest BCUT2D eigenvalue weighted by molar-refractivity contribution is 0.276. The van der Waals surface area contributed by atoms with E-state index in [9.17, 15) is 0 Å². The molecule has 86 valence electrons. The monoisotopic (exact) mass is 208 g/mol. The van der Waals surface area contributed by atoms with Crippen molar-refractivity contribution in [3.8, 4) is 0 Å². The van der Waals surface area contributed by atoms with Crippen LogP contribution in [0.25, 0.3) is 0 Å². The summed E-state index contributed by atoms with van der Waals surface area (Å²) >= 11 is 0. The lowest BCUT2D eigenvalue weighted by atomic mass is 10.0. The fraction of sp³-hybridized carbons (Fsp3) is 0.846. The molecule has 0 aromatic carbocycles. The third-order valence-electron chi connectivity index (χ3n) is 3.66. The first kappa shape index (κ1) is 11.2. The molecule has 2 aliphatic rings. The number of hydrogen-bond donors (Lipinski definition) is 1. The van der Waals surface area contributed by atoms with E-state index in [1.54, 1.807) is 5.57 Å². The van der Waals surface area contributed by atoms with Crippen molar-refractivity contribution in [3.05, 3.63) is 11.6 Å². The van der Waals surface area contributed by atoms with Crippen LogP contribution < -0.4 is 5.32 Å². The Labute approximate surface area is 93.7 Å². The van der Waals surface area contributed by atoms with Crippen LogP contribution in [0.15, 0.2) is 11.6 Å². The molecule has 2 rings (SSSR count). The molecule has 1 saturated heterocycles. The summed E-state index contributed by atoms with van der Waals surface area (Å²) in [6, 6.07) is 0. The first-order chi connectivity index (χ1) is 7.34. The second-order valence-electron chi connectivity index (χ2n) is 5.12. The summed E-state index contributed by atoms with van der Waals surface area (Å²) in [6.45, 7) is 8.56. The Bertz CT molecular complexity index is 217. The molecule has 0 amide bonds. The van der Waals surface area contributed by atoms with Crippen LogP contribution in [0, 0.1) is 5.92 Å². The molecule has 1 N–H and O–H groups in total. The Morgan fingerprint density at radius 3 is 3.20 bits per heavy atom. The highest BCUT2D eigenvalue weighted by Crippen LogP contribution is 2.16. The lowest BCUT2D eigenvalue weighted by Crippen LogP contribution is -2.30. The van der Waals surface area contributed by atoms with Crippen molar-refractivity contribution < 1.29 is 0 Å². The Kier molecular flexibility index (Phi) is 4.21. The van der Waals surface area contributed by atoms with Crippen LogP contribution in [0.5, 0.6) is 0 Å². The van der Waals surface area contributed by atoms with Gasteiger partial charge in [-0.1, -0.05) is 11.6 Å². The van der Waals surface area contributed by atoms with Crippen molar-refractivity contribution in [1.29, 1.82) is 0 Å².